The monoisotopic (exact) mass is 289 g/mol. The highest BCUT2D eigenvalue weighted by molar-refractivity contribution is 5.85. The molecule has 0 aromatic heterocycles. The zero-order valence-electron chi connectivity index (χ0n) is 11.3. The van der Waals surface area contributed by atoms with E-state index in [1.165, 1.54) is 0 Å². The largest absolute Gasteiger partial charge is 0.493 e. The van der Waals surface area contributed by atoms with Crippen molar-refractivity contribution in [2.75, 3.05) is 20.8 Å². The predicted molar refractivity (Wildman–Crippen MR) is 75.0 cm³/mol. The lowest BCUT2D eigenvalue weighted by Gasteiger charge is -2.14. The summed E-state index contributed by atoms with van der Waals surface area (Å²) in [5, 5.41) is 0. The summed E-state index contributed by atoms with van der Waals surface area (Å²) in [4.78, 5) is 11.3. The molecule has 0 radical (unpaired) electrons. The molecule has 19 heavy (non-hydrogen) atoms. The number of nitrogens with two attached hydrogens (primary N) is 1. The molecule has 1 rings (SSSR count). The van der Waals surface area contributed by atoms with Gasteiger partial charge in [-0.1, -0.05) is 6.07 Å². The lowest BCUT2D eigenvalue weighted by molar-refractivity contribution is -0.143. The van der Waals surface area contributed by atoms with E-state index in [0.717, 1.165) is 5.56 Å². The molecule has 1 atom stereocenters. The van der Waals surface area contributed by atoms with Crippen molar-refractivity contribution in [3.8, 4) is 11.5 Å². The summed E-state index contributed by atoms with van der Waals surface area (Å²) in [5.41, 5.74) is 6.75. The first-order chi connectivity index (χ1) is 8.62. The number of hydrogen-bond donors (Lipinski definition) is 1. The molecule has 6 heteroatoms. The molecule has 1 aromatic carbocycles. The Balaban J connectivity index is 0.00000324. The first kappa shape index (κ1) is 17.5. The average molecular weight is 290 g/mol. The zero-order chi connectivity index (χ0) is 13.5. The fourth-order valence-electron chi connectivity index (χ4n) is 1.60. The molecule has 0 unspecified atom stereocenters. The van der Waals surface area contributed by atoms with Crippen LogP contribution in [0.25, 0.3) is 0 Å². The van der Waals surface area contributed by atoms with Crippen molar-refractivity contribution in [3.63, 3.8) is 0 Å². The van der Waals surface area contributed by atoms with Gasteiger partial charge in [-0.05, 0) is 24.6 Å². The molecule has 0 spiro atoms. The van der Waals surface area contributed by atoms with E-state index in [1.807, 2.05) is 6.07 Å². The van der Waals surface area contributed by atoms with Gasteiger partial charge in [0.25, 0.3) is 0 Å². The van der Waals surface area contributed by atoms with Gasteiger partial charge in [0.15, 0.2) is 11.5 Å². The van der Waals surface area contributed by atoms with Gasteiger partial charge in [0.2, 0.25) is 0 Å². The third kappa shape index (κ3) is 4.96. The highest BCUT2D eigenvalue weighted by Crippen LogP contribution is 2.30. The average Bonchev–Trinajstić information content (AvgIpc) is 2.38. The fraction of sp³-hybridized carbons (Fsp3) is 0.462. The number of ether oxygens (including phenoxy) is 3. The van der Waals surface area contributed by atoms with E-state index >= 15 is 0 Å². The van der Waals surface area contributed by atoms with Crippen molar-refractivity contribution in [2.45, 2.75) is 19.4 Å². The van der Waals surface area contributed by atoms with Crippen LogP contribution in [-0.4, -0.2) is 26.8 Å². The summed E-state index contributed by atoms with van der Waals surface area (Å²) in [5.74, 6) is 0.915. The molecule has 108 valence electrons. The quantitative estimate of drug-likeness (QED) is 0.812. The normalized spacial score (nSPS) is 11.2. The highest BCUT2D eigenvalue weighted by Gasteiger charge is 2.14. The Bertz CT molecular complexity index is 412. The number of benzene rings is 1. The summed E-state index contributed by atoms with van der Waals surface area (Å²) >= 11 is 0. The summed E-state index contributed by atoms with van der Waals surface area (Å²) in [6.45, 7) is 2.12. The molecular weight excluding hydrogens is 270 g/mol. The minimum absolute atomic E-state index is 0. The minimum atomic E-state index is -0.413. The van der Waals surface area contributed by atoms with E-state index in [-0.39, 0.29) is 24.8 Å². The van der Waals surface area contributed by atoms with Gasteiger partial charge in [-0.3, -0.25) is 4.79 Å². The Hall–Kier alpha value is -1.46. The number of carbonyl (C=O) groups is 1. The summed E-state index contributed by atoms with van der Waals surface area (Å²) in [6.07, 6.45) is 0.142. The molecule has 1 aromatic rings. The number of halogens is 1. The van der Waals surface area contributed by atoms with Gasteiger partial charge in [0, 0.05) is 6.04 Å². The SMILES string of the molecule is CCOC(=O)C[C@@H](N)c1ccc(OC)c(OC)c1.Cl. The van der Waals surface area contributed by atoms with Crippen molar-refractivity contribution >= 4 is 18.4 Å². The minimum Gasteiger partial charge on any atom is -0.493 e. The molecular formula is C13H20ClNO4. The number of rotatable bonds is 6. The smallest absolute Gasteiger partial charge is 0.307 e. The fourth-order valence-corrected chi connectivity index (χ4v) is 1.60. The van der Waals surface area contributed by atoms with Crippen LogP contribution >= 0.6 is 12.4 Å². The molecule has 0 aliphatic heterocycles. The Morgan fingerprint density at radius 2 is 1.89 bits per heavy atom. The van der Waals surface area contributed by atoms with E-state index in [0.29, 0.717) is 18.1 Å². The van der Waals surface area contributed by atoms with Crippen molar-refractivity contribution < 1.29 is 19.0 Å². The van der Waals surface area contributed by atoms with E-state index < -0.39 is 6.04 Å². The lowest BCUT2D eigenvalue weighted by Crippen LogP contribution is -2.17. The maximum Gasteiger partial charge on any atom is 0.307 e. The van der Waals surface area contributed by atoms with Crippen molar-refractivity contribution in [3.05, 3.63) is 23.8 Å². The number of methoxy groups -OCH3 is 2. The Kier molecular flexibility index (Phi) is 7.95. The van der Waals surface area contributed by atoms with Gasteiger partial charge in [0.05, 0.1) is 27.2 Å². The molecule has 0 heterocycles. The number of carbonyl (C=O) groups excluding carboxylic acids is 1. The van der Waals surface area contributed by atoms with Crippen LogP contribution in [0.3, 0.4) is 0 Å². The van der Waals surface area contributed by atoms with Gasteiger partial charge in [-0.25, -0.2) is 0 Å². The molecule has 0 aliphatic carbocycles. The van der Waals surface area contributed by atoms with Crippen LogP contribution < -0.4 is 15.2 Å². The second kappa shape index (κ2) is 8.61. The topological polar surface area (TPSA) is 70.8 Å². The van der Waals surface area contributed by atoms with Crippen LogP contribution in [-0.2, 0) is 9.53 Å². The molecule has 0 bridgehead atoms. The van der Waals surface area contributed by atoms with Crippen molar-refractivity contribution in [2.24, 2.45) is 5.73 Å². The van der Waals surface area contributed by atoms with E-state index in [9.17, 15) is 4.79 Å². The molecule has 0 amide bonds. The Morgan fingerprint density at radius 1 is 1.26 bits per heavy atom. The van der Waals surface area contributed by atoms with E-state index in [1.54, 1.807) is 33.3 Å². The van der Waals surface area contributed by atoms with Crippen LogP contribution in [0, 0.1) is 0 Å². The summed E-state index contributed by atoms with van der Waals surface area (Å²) < 4.78 is 15.2. The van der Waals surface area contributed by atoms with Gasteiger partial charge in [-0.15, -0.1) is 12.4 Å². The number of esters is 1. The molecule has 0 fully saturated rings. The van der Waals surface area contributed by atoms with E-state index in [4.69, 9.17) is 19.9 Å². The lowest BCUT2D eigenvalue weighted by atomic mass is 10.0. The maximum atomic E-state index is 11.3. The molecule has 0 saturated heterocycles. The summed E-state index contributed by atoms with van der Waals surface area (Å²) in [6, 6.07) is 4.93. The molecule has 5 nitrogen and oxygen atoms in total. The third-order valence-corrected chi connectivity index (χ3v) is 2.53. The van der Waals surface area contributed by atoms with Crippen molar-refractivity contribution in [1.29, 1.82) is 0 Å². The highest BCUT2D eigenvalue weighted by atomic mass is 35.5. The summed E-state index contributed by atoms with van der Waals surface area (Å²) in [7, 11) is 3.12. The Labute approximate surface area is 119 Å². The standard InChI is InChI=1S/C13H19NO4.ClH/c1-4-18-13(15)8-10(14)9-5-6-11(16-2)12(7-9)17-3;/h5-7,10H,4,8,14H2,1-3H3;1H/t10-;/m1./s1. The Morgan fingerprint density at radius 3 is 2.42 bits per heavy atom. The van der Waals surface area contributed by atoms with E-state index in [2.05, 4.69) is 0 Å². The van der Waals surface area contributed by atoms with Crippen LogP contribution in [0.15, 0.2) is 18.2 Å². The van der Waals surface area contributed by atoms with Crippen LogP contribution in [0.5, 0.6) is 11.5 Å². The zero-order valence-corrected chi connectivity index (χ0v) is 12.2. The molecule has 0 saturated carbocycles. The van der Waals surface area contributed by atoms with Gasteiger partial charge < -0.3 is 19.9 Å². The number of hydrogen-bond acceptors (Lipinski definition) is 5. The molecule has 0 aliphatic rings. The second-order valence-electron chi connectivity index (χ2n) is 3.73. The first-order valence-corrected chi connectivity index (χ1v) is 5.75. The van der Waals surface area contributed by atoms with Gasteiger partial charge in [-0.2, -0.15) is 0 Å². The van der Waals surface area contributed by atoms with Crippen LogP contribution in [0.4, 0.5) is 0 Å². The van der Waals surface area contributed by atoms with Gasteiger partial charge in [0.1, 0.15) is 0 Å². The van der Waals surface area contributed by atoms with Crippen LogP contribution in [0.1, 0.15) is 24.9 Å². The second-order valence-corrected chi connectivity index (χ2v) is 3.73. The predicted octanol–water partition coefficient (Wildman–Crippen LogP) is 2.08. The maximum absolute atomic E-state index is 11.3. The van der Waals surface area contributed by atoms with Gasteiger partial charge >= 0.3 is 5.97 Å². The van der Waals surface area contributed by atoms with Crippen molar-refractivity contribution in [1.82, 2.24) is 0 Å². The molecule has 2 N–H and O–H groups in total. The van der Waals surface area contributed by atoms with Crippen LogP contribution in [0.2, 0.25) is 0 Å². The third-order valence-electron chi connectivity index (χ3n) is 2.53. The first-order valence-electron chi connectivity index (χ1n) is 5.75.